The number of nitrogens with two attached hydrogens (primary N) is 1. The van der Waals surface area contributed by atoms with Gasteiger partial charge in [0.15, 0.2) is 0 Å². The highest BCUT2D eigenvalue weighted by Gasteiger charge is 2.08. The summed E-state index contributed by atoms with van der Waals surface area (Å²) in [5, 5.41) is 12.7. The van der Waals surface area contributed by atoms with Crippen LogP contribution in [-0.4, -0.2) is 22.7 Å². The first-order chi connectivity index (χ1) is 9.31. The second-order valence-electron chi connectivity index (χ2n) is 4.46. The van der Waals surface area contributed by atoms with Gasteiger partial charge in [-0.05, 0) is 24.1 Å². The zero-order chi connectivity index (χ0) is 13.5. The van der Waals surface area contributed by atoms with Crippen molar-refractivity contribution in [2.75, 3.05) is 11.9 Å². The molecule has 0 aliphatic rings. The van der Waals surface area contributed by atoms with Gasteiger partial charge >= 0.3 is 0 Å². The van der Waals surface area contributed by atoms with Crippen molar-refractivity contribution in [1.29, 1.82) is 0 Å². The summed E-state index contributed by atoms with van der Waals surface area (Å²) in [4.78, 5) is 4.22. The third-order valence-corrected chi connectivity index (χ3v) is 2.95. The molecular formula is C15H19N3O. The molecule has 0 saturated heterocycles. The number of hydrogen-bond acceptors (Lipinski definition) is 4. The normalized spacial score (nSPS) is 12.1. The van der Waals surface area contributed by atoms with E-state index in [0.29, 0.717) is 6.54 Å². The molecule has 0 radical (unpaired) electrons. The lowest BCUT2D eigenvalue weighted by atomic mass is 10.1. The highest BCUT2D eigenvalue weighted by molar-refractivity contribution is 5.42. The molecule has 19 heavy (non-hydrogen) atoms. The van der Waals surface area contributed by atoms with Crippen LogP contribution in [0, 0.1) is 0 Å². The van der Waals surface area contributed by atoms with Gasteiger partial charge in [-0.25, -0.2) is 0 Å². The number of nitrogens with one attached hydrogen (secondary N) is 1. The van der Waals surface area contributed by atoms with Gasteiger partial charge in [0.05, 0.1) is 30.2 Å². The number of aliphatic hydroxyl groups is 1. The molecule has 0 aliphatic heterocycles. The van der Waals surface area contributed by atoms with Gasteiger partial charge in [-0.3, -0.25) is 4.98 Å². The summed E-state index contributed by atoms with van der Waals surface area (Å²) in [5.41, 5.74) is 8.45. The molecule has 2 aromatic rings. The van der Waals surface area contributed by atoms with Crippen molar-refractivity contribution in [3.8, 4) is 0 Å². The van der Waals surface area contributed by atoms with E-state index in [1.54, 1.807) is 6.20 Å². The van der Waals surface area contributed by atoms with Crippen LogP contribution in [0.3, 0.4) is 0 Å². The third kappa shape index (κ3) is 4.05. The van der Waals surface area contributed by atoms with E-state index >= 15 is 0 Å². The second-order valence-corrected chi connectivity index (χ2v) is 4.46. The minimum absolute atomic E-state index is 0.0204. The van der Waals surface area contributed by atoms with Gasteiger partial charge in [-0.15, -0.1) is 0 Å². The Labute approximate surface area is 113 Å². The molecule has 4 nitrogen and oxygen atoms in total. The van der Waals surface area contributed by atoms with Crippen LogP contribution in [0.5, 0.6) is 0 Å². The fraction of sp³-hybridized carbons (Fsp3) is 0.267. The summed E-state index contributed by atoms with van der Waals surface area (Å²) in [6, 6.07) is 13.9. The van der Waals surface area contributed by atoms with Gasteiger partial charge in [0.25, 0.3) is 0 Å². The largest absolute Gasteiger partial charge is 0.394 e. The van der Waals surface area contributed by atoms with Crippen LogP contribution < -0.4 is 11.1 Å². The second kappa shape index (κ2) is 6.87. The molecule has 0 amide bonds. The van der Waals surface area contributed by atoms with Crippen LogP contribution in [0.15, 0.2) is 48.7 Å². The number of rotatable bonds is 6. The quantitative estimate of drug-likeness (QED) is 0.734. The summed E-state index contributed by atoms with van der Waals surface area (Å²) in [7, 11) is 0. The fourth-order valence-corrected chi connectivity index (χ4v) is 1.93. The lowest BCUT2D eigenvalue weighted by Gasteiger charge is -2.17. The fourth-order valence-electron chi connectivity index (χ4n) is 1.93. The number of aliphatic hydroxyl groups excluding tert-OH is 1. The zero-order valence-corrected chi connectivity index (χ0v) is 10.8. The van der Waals surface area contributed by atoms with Gasteiger partial charge in [-0.1, -0.05) is 30.3 Å². The molecule has 0 aliphatic carbocycles. The molecule has 1 heterocycles. The minimum Gasteiger partial charge on any atom is -0.394 e. The van der Waals surface area contributed by atoms with Crippen molar-refractivity contribution in [2.45, 2.75) is 19.0 Å². The predicted molar refractivity (Wildman–Crippen MR) is 76.8 cm³/mol. The van der Waals surface area contributed by atoms with Crippen LogP contribution >= 0.6 is 0 Å². The number of aromatic nitrogens is 1. The van der Waals surface area contributed by atoms with E-state index in [1.807, 2.05) is 30.3 Å². The van der Waals surface area contributed by atoms with E-state index in [0.717, 1.165) is 17.8 Å². The Kier molecular flexibility index (Phi) is 4.89. The van der Waals surface area contributed by atoms with E-state index < -0.39 is 0 Å². The SMILES string of the molecule is NCc1ccc(NC(CO)Cc2ccccc2)cn1. The van der Waals surface area contributed by atoms with Crippen molar-refractivity contribution in [2.24, 2.45) is 5.73 Å². The molecule has 1 aromatic heterocycles. The molecule has 1 atom stereocenters. The molecule has 2 rings (SSSR count). The number of nitrogens with zero attached hydrogens (tertiary/aromatic N) is 1. The number of anilines is 1. The molecule has 0 fully saturated rings. The Hall–Kier alpha value is -1.91. The smallest absolute Gasteiger partial charge is 0.0636 e. The van der Waals surface area contributed by atoms with Crippen LogP contribution in [0.25, 0.3) is 0 Å². The topological polar surface area (TPSA) is 71.2 Å². The Morgan fingerprint density at radius 2 is 1.95 bits per heavy atom. The number of benzene rings is 1. The molecule has 1 aromatic carbocycles. The van der Waals surface area contributed by atoms with Crippen LogP contribution in [0.2, 0.25) is 0 Å². The molecule has 4 heteroatoms. The van der Waals surface area contributed by atoms with Crippen molar-refractivity contribution in [3.05, 3.63) is 59.9 Å². The maximum absolute atomic E-state index is 9.45. The van der Waals surface area contributed by atoms with Gasteiger partial charge in [0.2, 0.25) is 0 Å². The molecule has 4 N–H and O–H groups in total. The van der Waals surface area contributed by atoms with E-state index in [-0.39, 0.29) is 12.6 Å². The van der Waals surface area contributed by atoms with Crippen LogP contribution in [0.4, 0.5) is 5.69 Å². The standard InChI is InChI=1S/C15H19N3O/c16-9-13-6-7-14(10-17-13)18-15(11-19)8-12-4-2-1-3-5-12/h1-7,10,15,18-19H,8-9,11,16H2. The summed E-state index contributed by atoms with van der Waals surface area (Å²) < 4.78 is 0. The Bertz CT molecular complexity index is 485. The first-order valence-corrected chi connectivity index (χ1v) is 6.38. The summed E-state index contributed by atoms with van der Waals surface area (Å²) in [6.07, 6.45) is 2.52. The Balaban J connectivity index is 1.98. The lowest BCUT2D eigenvalue weighted by molar-refractivity contribution is 0.273. The van der Waals surface area contributed by atoms with Crippen molar-refractivity contribution < 1.29 is 5.11 Å². The maximum atomic E-state index is 9.45. The lowest BCUT2D eigenvalue weighted by Crippen LogP contribution is -2.26. The highest BCUT2D eigenvalue weighted by atomic mass is 16.3. The predicted octanol–water partition coefficient (Wildman–Crippen LogP) is 1.56. The zero-order valence-electron chi connectivity index (χ0n) is 10.8. The Morgan fingerprint density at radius 1 is 1.16 bits per heavy atom. The number of hydrogen-bond donors (Lipinski definition) is 3. The summed E-state index contributed by atoms with van der Waals surface area (Å²) in [6.45, 7) is 0.515. The first kappa shape index (κ1) is 13.5. The maximum Gasteiger partial charge on any atom is 0.0636 e. The van der Waals surface area contributed by atoms with Crippen molar-refractivity contribution >= 4 is 5.69 Å². The minimum atomic E-state index is -0.0204. The van der Waals surface area contributed by atoms with E-state index in [9.17, 15) is 5.11 Å². The molecule has 0 spiro atoms. The monoisotopic (exact) mass is 257 g/mol. The number of pyridine rings is 1. The van der Waals surface area contributed by atoms with Crippen molar-refractivity contribution in [1.82, 2.24) is 4.98 Å². The summed E-state index contributed by atoms with van der Waals surface area (Å²) >= 11 is 0. The average Bonchev–Trinajstić information content (AvgIpc) is 2.48. The molecule has 100 valence electrons. The van der Waals surface area contributed by atoms with E-state index in [2.05, 4.69) is 22.4 Å². The molecule has 1 unspecified atom stereocenters. The van der Waals surface area contributed by atoms with Gasteiger partial charge < -0.3 is 16.2 Å². The van der Waals surface area contributed by atoms with Gasteiger partial charge in [-0.2, -0.15) is 0 Å². The van der Waals surface area contributed by atoms with Crippen LogP contribution in [-0.2, 0) is 13.0 Å². The van der Waals surface area contributed by atoms with Crippen molar-refractivity contribution in [3.63, 3.8) is 0 Å². The van der Waals surface area contributed by atoms with Gasteiger partial charge in [0.1, 0.15) is 0 Å². The summed E-state index contributed by atoms with van der Waals surface area (Å²) in [5.74, 6) is 0. The average molecular weight is 257 g/mol. The molecule has 0 bridgehead atoms. The van der Waals surface area contributed by atoms with E-state index in [1.165, 1.54) is 5.56 Å². The molecular weight excluding hydrogens is 238 g/mol. The third-order valence-electron chi connectivity index (χ3n) is 2.95. The highest BCUT2D eigenvalue weighted by Crippen LogP contribution is 2.11. The van der Waals surface area contributed by atoms with Gasteiger partial charge in [0, 0.05) is 6.54 Å². The molecule has 0 saturated carbocycles. The first-order valence-electron chi connectivity index (χ1n) is 6.38. The van der Waals surface area contributed by atoms with Crippen LogP contribution in [0.1, 0.15) is 11.3 Å². The van der Waals surface area contributed by atoms with E-state index in [4.69, 9.17) is 5.73 Å². The Morgan fingerprint density at radius 3 is 2.53 bits per heavy atom.